The summed E-state index contributed by atoms with van der Waals surface area (Å²) in [5, 5.41) is 3.18. The Labute approximate surface area is 116 Å². The van der Waals surface area contributed by atoms with Gasteiger partial charge in [0.25, 0.3) is 0 Å². The molecular formula is C11H9Br2N3O. The highest BCUT2D eigenvalue weighted by Gasteiger charge is 2.04. The lowest BCUT2D eigenvalue weighted by atomic mass is 10.3. The van der Waals surface area contributed by atoms with Crippen LogP contribution in [0, 0.1) is 0 Å². The second kappa shape index (κ2) is 5.46. The van der Waals surface area contributed by atoms with E-state index >= 15 is 0 Å². The van der Waals surface area contributed by atoms with Crippen LogP contribution in [-0.2, 0) is 0 Å². The molecule has 0 aliphatic heterocycles. The summed E-state index contributed by atoms with van der Waals surface area (Å²) in [7, 11) is 1.63. The maximum absolute atomic E-state index is 5.19. The van der Waals surface area contributed by atoms with E-state index in [1.165, 1.54) is 6.33 Å². The molecule has 0 amide bonds. The lowest BCUT2D eigenvalue weighted by Gasteiger charge is -2.09. The fourth-order valence-electron chi connectivity index (χ4n) is 1.29. The Balaban J connectivity index is 2.30. The first-order valence-corrected chi connectivity index (χ1v) is 6.35. The summed E-state index contributed by atoms with van der Waals surface area (Å²) in [4.78, 5) is 8.04. The summed E-state index contributed by atoms with van der Waals surface area (Å²) in [6.07, 6.45) is 3.17. The molecular weight excluding hydrogens is 350 g/mol. The molecule has 0 aliphatic rings. The highest BCUT2D eigenvalue weighted by atomic mass is 79.9. The van der Waals surface area contributed by atoms with Crippen LogP contribution in [0.15, 0.2) is 39.7 Å². The highest BCUT2D eigenvalue weighted by Crippen LogP contribution is 2.28. The molecule has 1 aromatic carbocycles. The molecule has 0 unspecified atom stereocenters. The van der Waals surface area contributed by atoms with Crippen LogP contribution < -0.4 is 10.1 Å². The van der Waals surface area contributed by atoms with Crippen LogP contribution in [0.2, 0.25) is 0 Å². The first-order valence-electron chi connectivity index (χ1n) is 4.76. The van der Waals surface area contributed by atoms with Crippen molar-refractivity contribution in [2.45, 2.75) is 0 Å². The minimum absolute atomic E-state index is 0.708. The summed E-state index contributed by atoms with van der Waals surface area (Å²) in [5.41, 5.74) is 0.885. The van der Waals surface area contributed by atoms with Crippen LogP contribution in [0.25, 0.3) is 0 Å². The van der Waals surface area contributed by atoms with E-state index in [0.29, 0.717) is 5.82 Å². The first-order chi connectivity index (χ1) is 8.19. The van der Waals surface area contributed by atoms with Gasteiger partial charge in [-0.25, -0.2) is 9.97 Å². The molecule has 2 aromatic rings. The maximum Gasteiger partial charge on any atom is 0.148 e. The van der Waals surface area contributed by atoms with Crippen LogP contribution in [0.1, 0.15) is 0 Å². The molecule has 0 atom stereocenters. The summed E-state index contributed by atoms with van der Waals surface area (Å²) in [6.45, 7) is 0. The first kappa shape index (κ1) is 12.3. The molecule has 1 heterocycles. The smallest absolute Gasteiger partial charge is 0.148 e. The van der Waals surface area contributed by atoms with Gasteiger partial charge < -0.3 is 10.1 Å². The van der Waals surface area contributed by atoms with Crippen molar-refractivity contribution in [1.82, 2.24) is 9.97 Å². The molecule has 0 spiro atoms. The van der Waals surface area contributed by atoms with Crippen molar-refractivity contribution in [3.05, 3.63) is 39.7 Å². The van der Waals surface area contributed by atoms with Crippen molar-refractivity contribution >= 4 is 43.4 Å². The molecule has 0 aliphatic carbocycles. The van der Waals surface area contributed by atoms with E-state index < -0.39 is 0 Å². The predicted molar refractivity (Wildman–Crippen MR) is 73.7 cm³/mol. The number of hydrogen-bond acceptors (Lipinski definition) is 4. The van der Waals surface area contributed by atoms with E-state index in [9.17, 15) is 0 Å². The third kappa shape index (κ3) is 3.17. The number of aromatic nitrogens is 2. The Bertz CT molecular complexity index is 534. The van der Waals surface area contributed by atoms with Crippen molar-refractivity contribution in [1.29, 1.82) is 0 Å². The second-order valence-corrected chi connectivity index (χ2v) is 4.99. The quantitative estimate of drug-likeness (QED) is 0.907. The summed E-state index contributed by atoms with van der Waals surface area (Å²) in [6, 6.07) is 5.72. The van der Waals surface area contributed by atoms with E-state index in [0.717, 1.165) is 20.4 Å². The average Bonchev–Trinajstić information content (AvgIpc) is 2.31. The van der Waals surface area contributed by atoms with E-state index in [2.05, 4.69) is 47.1 Å². The van der Waals surface area contributed by atoms with Crippen LogP contribution in [0.4, 0.5) is 11.5 Å². The minimum atomic E-state index is 0.708. The molecule has 1 aromatic heterocycles. The van der Waals surface area contributed by atoms with Crippen molar-refractivity contribution < 1.29 is 4.74 Å². The van der Waals surface area contributed by atoms with Gasteiger partial charge in [-0.2, -0.15) is 0 Å². The van der Waals surface area contributed by atoms with Crippen LogP contribution >= 0.6 is 31.9 Å². The number of ether oxygens (including phenoxy) is 1. The van der Waals surface area contributed by atoms with Gasteiger partial charge in [-0.05, 0) is 28.1 Å². The lowest BCUT2D eigenvalue weighted by Crippen LogP contribution is -1.96. The maximum atomic E-state index is 5.19. The molecule has 17 heavy (non-hydrogen) atoms. The number of anilines is 2. The standard InChI is InChI=1S/C11H9Br2N3O/c1-17-9-3-7(12)2-8(4-9)16-11-10(13)5-14-6-15-11/h2-6H,1H3,(H,14,15,16). The topological polar surface area (TPSA) is 47.0 Å². The largest absolute Gasteiger partial charge is 0.497 e. The average molecular weight is 359 g/mol. The van der Waals surface area contributed by atoms with E-state index in [1.807, 2.05) is 18.2 Å². The molecule has 88 valence electrons. The third-order valence-electron chi connectivity index (χ3n) is 2.04. The normalized spacial score (nSPS) is 10.1. The second-order valence-electron chi connectivity index (χ2n) is 3.22. The zero-order valence-corrected chi connectivity index (χ0v) is 12.1. The van der Waals surface area contributed by atoms with Crippen LogP contribution in [0.5, 0.6) is 5.75 Å². The number of rotatable bonds is 3. The Morgan fingerprint density at radius 2 is 2.06 bits per heavy atom. The van der Waals surface area contributed by atoms with E-state index in [-0.39, 0.29) is 0 Å². The molecule has 0 saturated carbocycles. The van der Waals surface area contributed by atoms with Gasteiger partial charge >= 0.3 is 0 Å². The molecule has 0 saturated heterocycles. The van der Waals surface area contributed by atoms with Gasteiger partial charge in [-0.15, -0.1) is 0 Å². The summed E-state index contributed by atoms with van der Waals surface area (Å²) < 4.78 is 6.93. The predicted octanol–water partition coefficient (Wildman–Crippen LogP) is 3.75. The fraction of sp³-hybridized carbons (Fsp3) is 0.0909. The Kier molecular flexibility index (Phi) is 3.96. The third-order valence-corrected chi connectivity index (χ3v) is 3.08. The molecule has 0 fully saturated rings. The SMILES string of the molecule is COc1cc(Br)cc(Nc2ncncc2Br)c1. The monoisotopic (exact) mass is 357 g/mol. The van der Waals surface area contributed by atoms with Crippen molar-refractivity contribution in [3.8, 4) is 5.75 Å². The van der Waals surface area contributed by atoms with E-state index in [1.54, 1.807) is 13.3 Å². The molecule has 1 N–H and O–H groups in total. The highest BCUT2D eigenvalue weighted by molar-refractivity contribution is 9.10. The van der Waals surface area contributed by atoms with Gasteiger partial charge in [-0.3, -0.25) is 0 Å². The van der Waals surface area contributed by atoms with Crippen LogP contribution in [-0.4, -0.2) is 17.1 Å². The van der Waals surface area contributed by atoms with Crippen molar-refractivity contribution in [2.75, 3.05) is 12.4 Å². The van der Waals surface area contributed by atoms with Gasteiger partial charge in [-0.1, -0.05) is 15.9 Å². The van der Waals surface area contributed by atoms with Gasteiger partial charge in [0.1, 0.15) is 17.9 Å². The fourth-order valence-corrected chi connectivity index (χ4v) is 2.09. The minimum Gasteiger partial charge on any atom is -0.497 e. The zero-order chi connectivity index (χ0) is 12.3. The molecule has 0 bridgehead atoms. The molecule has 0 radical (unpaired) electrons. The van der Waals surface area contributed by atoms with Crippen molar-refractivity contribution in [3.63, 3.8) is 0 Å². The Hall–Kier alpha value is -1.14. The number of hydrogen-bond donors (Lipinski definition) is 1. The molecule has 4 nitrogen and oxygen atoms in total. The van der Waals surface area contributed by atoms with Crippen molar-refractivity contribution in [2.24, 2.45) is 0 Å². The van der Waals surface area contributed by atoms with Gasteiger partial charge in [0, 0.05) is 22.4 Å². The number of methoxy groups -OCH3 is 1. The Morgan fingerprint density at radius 1 is 1.24 bits per heavy atom. The molecule has 2 rings (SSSR count). The number of nitrogens with one attached hydrogen (secondary N) is 1. The molecule has 6 heteroatoms. The summed E-state index contributed by atoms with van der Waals surface area (Å²) in [5.74, 6) is 1.48. The Morgan fingerprint density at radius 3 is 2.76 bits per heavy atom. The zero-order valence-electron chi connectivity index (χ0n) is 8.95. The number of benzene rings is 1. The number of halogens is 2. The summed E-state index contributed by atoms with van der Waals surface area (Å²) >= 11 is 6.80. The lowest BCUT2D eigenvalue weighted by molar-refractivity contribution is 0.415. The number of nitrogens with zero attached hydrogens (tertiary/aromatic N) is 2. The van der Waals surface area contributed by atoms with Gasteiger partial charge in [0.2, 0.25) is 0 Å². The van der Waals surface area contributed by atoms with E-state index in [4.69, 9.17) is 4.74 Å². The van der Waals surface area contributed by atoms with Gasteiger partial charge in [0.15, 0.2) is 0 Å². The van der Waals surface area contributed by atoms with Crippen LogP contribution in [0.3, 0.4) is 0 Å². The van der Waals surface area contributed by atoms with Gasteiger partial charge in [0.05, 0.1) is 11.6 Å².